The van der Waals surface area contributed by atoms with Crippen molar-refractivity contribution in [3.63, 3.8) is 0 Å². The van der Waals surface area contributed by atoms with Crippen LogP contribution in [0.5, 0.6) is 0 Å². The van der Waals surface area contributed by atoms with Gasteiger partial charge in [-0.2, -0.15) is 0 Å². The molecule has 0 saturated heterocycles. The number of para-hydroxylation sites is 1. The number of hydrogen-bond acceptors (Lipinski definition) is 1. The first-order valence-electron chi connectivity index (χ1n) is 16.8. The van der Waals surface area contributed by atoms with Crippen molar-refractivity contribution in [2.45, 2.75) is 0 Å². The molecule has 228 valence electrons. The second kappa shape index (κ2) is 11.1. The third-order valence-corrected chi connectivity index (χ3v) is 10.1. The fourth-order valence-corrected chi connectivity index (χ4v) is 7.88. The van der Waals surface area contributed by atoms with Crippen LogP contribution in [0.1, 0.15) is 0 Å². The van der Waals surface area contributed by atoms with Crippen molar-refractivity contribution in [1.29, 1.82) is 0 Å². The molecule has 0 bridgehead atoms. The van der Waals surface area contributed by atoms with Gasteiger partial charge >= 0.3 is 0 Å². The topological polar surface area (TPSA) is 13.1 Å². The number of benzene rings is 9. The summed E-state index contributed by atoms with van der Waals surface area (Å²) in [6, 6.07) is 65.8. The molecule has 1 heteroatoms. The van der Waals surface area contributed by atoms with Crippen molar-refractivity contribution >= 4 is 54.3 Å². The first-order chi connectivity index (χ1) is 24.3. The Morgan fingerprint density at radius 3 is 1.45 bits per heavy atom. The molecule has 0 N–H and O–H groups in total. The van der Waals surface area contributed by atoms with E-state index < -0.39 is 0 Å². The molecule has 1 heterocycles. The Bertz CT molecular complexity index is 2820. The molecule has 0 aliphatic heterocycles. The highest BCUT2D eigenvalue weighted by Crippen LogP contribution is 2.47. The van der Waals surface area contributed by atoms with Crippen molar-refractivity contribution in [1.82, 2.24) is 0 Å². The van der Waals surface area contributed by atoms with E-state index in [1.807, 2.05) is 12.1 Å². The van der Waals surface area contributed by atoms with Crippen LogP contribution in [0.15, 0.2) is 186 Å². The van der Waals surface area contributed by atoms with Gasteiger partial charge in [0, 0.05) is 10.8 Å². The molecule has 0 radical (unpaired) electrons. The lowest BCUT2D eigenvalue weighted by Crippen LogP contribution is -1.92. The molecule has 9 aromatic carbocycles. The Kier molecular flexibility index (Phi) is 6.25. The Hall–Kier alpha value is -6.44. The van der Waals surface area contributed by atoms with Gasteiger partial charge in [-0.25, -0.2) is 0 Å². The molecule has 0 saturated carbocycles. The fraction of sp³-hybridized carbons (Fsp3) is 0. The maximum atomic E-state index is 6.26. The third kappa shape index (κ3) is 4.40. The highest BCUT2D eigenvalue weighted by atomic mass is 16.3. The van der Waals surface area contributed by atoms with Gasteiger partial charge in [0.15, 0.2) is 0 Å². The summed E-state index contributed by atoms with van der Waals surface area (Å²) in [4.78, 5) is 0. The molecule has 0 fully saturated rings. The minimum atomic E-state index is 0.912. The van der Waals surface area contributed by atoms with E-state index in [0.29, 0.717) is 0 Å². The lowest BCUT2D eigenvalue weighted by Gasteiger charge is -2.20. The molecule has 1 nitrogen and oxygen atoms in total. The number of fused-ring (bicyclic) bond motifs is 6. The van der Waals surface area contributed by atoms with E-state index in [-0.39, 0.29) is 0 Å². The minimum absolute atomic E-state index is 0.912. The average molecular weight is 623 g/mol. The van der Waals surface area contributed by atoms with Gasteiger partial charge in [0.1, 0.15) is 11.2 Å². The molecule has 49 heavy (non-hydrogen) atoms. The van der Waals surface area contributed by atoms with Gasteiger partial charge in [-0.05, 0) is 101 Å². The van der Waals surface area contributed by atoms with Crippen molar-refractivity contribution in [2.24, 2.45) is 0 Å². The summed E-state index contributed by atoms with van der Waals surface area (Å²) < 4.78 is 6.26. The van der Waals surface area contributed by atoms with Gasteiger partial charge in [-0.3, -0.25) is 0 Å². The normalized spacial score (nSPS) is 11.7. The van der Waals surface area contributed by atoms with Crippen molar-refractivity contribution in [2.75, 3.05) is 0 Å². The smallest absolute Gasteiger partial charge is 0.136 e. The lowest BCUT2D eigenvalue weighted by molar-refractivity contribution is 0.669. The van der Waals surface area contributed by atoms with Gasteiger partial charge < -0.3 is 4.42 Å². The predicted octanol–water partition coefficient (Wildman–Crippen LogP) is 13.7. The molecule has 1 aromatic heterocycles. The molecule has 10 aromatic rings. The van der Waals surface area contributed by atoms with Crippen LogP contribution < -0.4 is 0 Å². The molecule has 0 spiro atoms. The first kappa shape index (κ1) is 27.7. The lowest BCUT2D eigenvalue weighted by atomic mass is 9.83. The molecule has 10 rings (SSSR count). The summed E-state index contributed by atoms with van der Waals surface area (Å²) in [7, 11) is 0. The highest BCUT2D eigenvalue weighted by molar-refractivity contribution is 6.24. The van der Waals surface area contributed by atoms with Crippen LogP contribution in [0.2, 0.25) is 0 Å². The predicted molar refractivity (Wildman–Crippen MR) is 208 cm³/mol. The quantitative estimate of drug-likeness (QED) is 0.178. The number of furan rings is 1. The van der Waals surface area contributed by atoms with Gasteiger partial charge in [-0.1, -0.05) is 158 Å². The second-order valence-corrected chi connectivity index (χ2v) is 12.8. The standard InChI is InChI=1S/C48H30O/c1-2-13-31(14-3-1)35-27-28-44(37-18-5-4-17-36(35)37)48-42-22-8-6-20-40(42)47(41-21-7-9-23-43(41)48)34-16-12-15-32(29-34)33-25-26-39-38-19-10-11-24-45(38)49-46(39)30-33/h1-30H. The highest BCUT2D eigenvalue weighted by Gasteiger charge is 2.19. The van der Waals surface area contributed by atoms with Gasteiger partial charge in [-0.15, -0.1) is 0 Å². The first-order valence-corrected chi connectivity index (χ1v) is 16.8. The third-order valence-electron chi connectivity index (χ3n) is 10.1. The number of rotatable bonds is 4. The van der Waals surface area contributed by atoms with Crippen molar-refractivity contribution in [3.8, 4) is 44.5 Å². The van der Waals surface area contributed by atoms with E-state index in [0.717, 1.165) is 27.5 Å². The number of hydrogen-bond donors (Lipinski definition) is 0. The Morgan fingerprint density at radius 1 is 0.245 bits per heavy atom. The molecule has 0 aliphatic carbocycles. The summed E-state index contributed by atoms with van der Waals surface area (Å²) >= 11 is 0. The monoisotopic (exact) mass is 622 g/mol. The molecule has 0 atom stereocenters. The van der Waals surface area contributed by atoms with E-state index in [1.54, 1.807) is 0 Å². The molecule has 0 unspecified atom stereocenters. The Morgan fingerprint density at radius 2 is 0.735 bits per heavy atom. The van der Waals surface area contributed by atoms with Crippen LogP contribution >= 0.6 is 0 Å². The maximum absolute atomic E-state index is 6.26. The van der Waals surface area contributed by atoms with Crippen LogP contribution in [-0.2, 0) is 0 Å². The molecule has 0 amide bonds. The Labute approximate surface area is 284 Å². The van der Waals surface area contributed by atoms with E-state index in [9.17, 15) is 0 Å². The van der Waals surface area contributed by atoms with Crippen molar-refractivity contribution < 1.29 is 4.42 Å². The summed E-state index contributed by atoms with van der Waals surface area (Å²) in [5, 5.41) is 9.82. The van der Waals surface area contributed by atoms with Gasteiger partial charge in [0.2, 0.25) is 0 Å². The second-order valence-electron chi connectivity index (χ2n) is 12.8. The van der Waals surface area contributed by atoms with Crippen LogP contribution in [0.4, 0.5) is 0 Å². The van der Waals surface area contributed by atoms with Crippen LogP contribution in [0.25, 0.3) is 98.8 Å². The van der Waals surface area contributed by atoms with Crippen LogP contribution in [-0.4, -0.2) is 0 Å². The van der Waals surface area contributed by atoms with Gasteiger partial charge in [0.05, 0.1) is 0 Å². The zero-order valence-electron chi connectivity index (χ0n) is 26.7. The van der Waals surface area contributed by atoms with E-state index in [4.69, 9.17) is 4.42 Å². The Balaban J connectivity index is 1.20. The summed E-state index contributed by atoms with van der Waals surface area (Å²) in [5.41, 5.74) is 11.6. The van der Waals surface area contributed by atoms with E-state index >= 15 is 0 Å². The largest absolute Gasteiger partial charge is 0.456 e. The minimum Gasteiger partial charge on any atom is -0.456 e. The van der Waals surface area contributed by atoms with Gasteiger partial charge in [0.25, 0.3) is 0 Å². The van der Waals surface area contributed by atoms with E-state index in [1.165, 1.54) is 71.3 Å². The summed E-state index contributed by atoms with van der Waals surface area (Å²) in [5.74, 6) is 0. The fourth-order valence-electron chi connectivity index (χ4n) is 7.88. The molecular weight excluding hydrogens is 593 g/mol. The van der Waals surface area contributed by atoms with Crippen LogP contribution in [0, 0.1) is 0 Å². The SMILES string of the molecule is c1ccc(-c2ccc(-c3c4ccccc4c(-c4cccc(-c5ccc6c(c5)oc5ccccc56)c4)c4ccccc34)c3ccccc23)cc1. The maximum Gasteiger partial charge on any atom is 0.136 e. The molecule has 0 aliphatic rings. The van der Waals surface area contributed by atoms with E-state index in [2.05, 4.69) is 170 Å². The zero-order valence-corrected chi connectivity index (χ0v) is 26.7. The summed E-state index contributed by atoms with van der Waals surface area (Å²) in [6.45, 7) is 0. The molecular formula is C48H30O. The van der Waals surface area contributed by atoms with Crippen LogP contribution in [0.3, 0.4) is 0 Å². The zero-order chi connectivity index (χ0) is 32.3. The summed E-state index contributed by atoms with van der Waals surface area (Å²) in [6.07, 6.45) is 0. The van der Waals surface area contributed by atoms with Crippen molar-refractivity contribution in [3.05, 3.63) is 182 Å². The average Bonchev–Trinajstić information content (AvgIpc) is 3.55.